The van der Waals surface area contributed by atoms with E-state index in [1.165, 1.54) is 0 Å². The molecule has 0 saturated heterocycles. The first kappa shape index (κ1) is 51.0. The van der Waals surface area contributed by atoms with Crippen LogP contribution in [-0.4, -0.2) is 63.3 Å². The molecule has 0 spiro atoms. The Hall–Kier alpha value is -7.41. The van der Waals surface area contributed by atoms with Crippen LogP contribution in [-0.2, 0) is 48.1 Å². The van der Waals surface area contributed by atoms with Crippen molar-refractivity contribution >= 4 is 29.8 Å². The summed E-state index contributed by atoms with van der Waals surface area (Å²) in [5.41, 5.74) is 0. The normalized spacial score (nSPS) is 17.4. The Kier molecular flexibility index (Phi) is 20.3. The van der Waals surface area contributed by atoms with Crippen LogP contribution in [0.1, 0.15) is 57.8 Å². The first-order valence-corrected chi connectivity index (χ1v) is 22.4. The molecule has 18 heteroatoms. The van der Waals surface area contributed by atoms with Crippen molar-refractivity contribution in [1.29, 1.82) is 0 Å². The van der Waals surface area contributed by atoms with Crippen LogP contribution in [0.2, 0.25) is 0 Å². The van der Waals surface area contributed by atoms with Crippen LogP contribution in [0.25, 0.3) is 0 Å². The van der Waals surface area contributed by atoms with Crippen molar-refractivity contribution in [3.8, 4) is 46.0 Å². The monoisotopic (exact) mass is 954 g/mol. The summed E-state index contributed by atoms with van der Waals surface area (Å²) in [6, 6.07) is 25.9. The molecule has 6 rings (SSSR count). The van der Waals surface area contributed by atoms with Gasteiger partial charge in [-0.3, -0.25) is 14.4 Å². The van der Waals surface area contributed by atoms with Crippen LogP contribution < -0.4 is 38.3 Å². The van der Waals surface area contributed by atoms with Crippen molar-refractivity contribution in [2.45, 2.75) is 57.8 Å². The van der Waals surface area contributed by atoms with Crippen molar-refractivity contribution in [3.05, 3.63) is 122 Å². The molecule has 18 nitrogen and oxygen atoms in total. The molecular weight excluding hydrogens is 901 g/mol. The Morgan fingerprint density at radius 2 is 0.768 bits per heavy atom. The van der Waals surface area contributed by atoms with E-state index in [-0.39, 0.29) is 62.2 Å². The predicted octanol–water partition coefficient (Wildman–Crippen LogP) is 8.57. The molecule has 0 aliphatic heterocycles. The number of ether oxygens (including phenoxy) is 7. The number of carbonyl (C=O) groups is 5. The van der Waals surface area contributed by atoms with Crippen molar-refractivity contribution < 1.29 is 86.5 Å². The van der Waals surface area contributed by atoms with Gasteiger partial charge in [-0.15, -0.1) is 0 Å². The van der Waals surface area contributed by atoms with Gasteiger partial charge in [0.1, 0.15) is 35.4 Å². The van der Waals surface area contributed by atoms with Gasteiger partial charge in [0.2, 0.25) is 13.6 Å². The molecule has 0 heterocycles. The van der Waals surface area contributed by atoms with Crippen LogP contribution in [0.5, 0.6) is 46.0 Å². The molecule has 0 radical (unpaired) electrons. The highest BCUT2D eigenvalue weighted by molar-refractivity contribution is 5.81. The van der Waals surface area contributed by atoms with Crippen molar-refractivity contribution in [3.63, 3.8) is 0 Å². The summed E-state index contributed by atoms with van der Waals surface area (Å²) >= 11 is 0. The molecule has 69 heavy (non-hydrogen) atoms. The van der Waals surface area contributed by atoms with Gasteiger partial charge in [-0.25, -0.2) is 9.59 Å². The quantitative estimate of drug-likeness (QED) is 0.0110. The summed E-state index contributed by atoms with van der Waals surface area (Å²) in [6.07, 6.45) is 7.74. The molecule has 366 valence electrons. The summed E-state index contributed by atoms with van der Waals surface area (Å²) in [7, 11) is 0. The lowest BCUT2D eigenvalue weighted by Gasteiger charge is -2.26. The maximum Gasteiger partial charge on any atom is 0.333 e. The Morgan fingerprint density at radius 3 is 1.14 bits per heavy atom. The van der Waals surface area contributed by atoms with Crippen LogP contribution in [0.3, 0.4) is 0 Å². The molecule has 2 aliphatic rings. The number of esters is 5. The largest absolute Gasteiger partial charge is 0.457 e. The highest BCUT2D eigenvalue weighted by Gasteiger charge is 2.29. The van der Waals surface area contributed by atoms with Crippen molar-refractivity contribution in [2.75, 3.05) is 33.4 Å². The third-order valence-electron chi connectivity index (χ3n) is 11.0. The van der Waals surface area contributed by atoms with E-state index in [1.807, 2.05) is 0 Å². The third kappa shape index (κ3) is 18.0. The molecule has 0 unspecified atom stereocenters. The SMILES string of the molecule is C=CC(=O)OCOc1ccc(OOCC2CCC(C(=O)Oc3ccc(OOCCC(=O)Oc4ccc(OOCC5CCC(C(=O)Oc6ccc(OCOC(=O)C=C)cc6)CC5)cc4)cc3)CC2)cc1. The maximum absolute atomic E-state index is 12.9. The predicted molar refractivity (Wildman–Crippen MR) is 241 cm³/mol. The van der Waals surface area contributed by atoms with Gasteiger partial charge in [0.05, 0.1) is 31.5 Å². The van der Waals surface area contributed by atoms with Gasteiger partial charge in [0, 0.05) is 12.2 Å². The number of carbonyl (C=O) groups excluding carboxylic acids is 5. The molecule has 2 saturated carbocycles. The molecule has 4 aromatic carbocycles. The lowest BCUT2D eigenvalue weighted by molar-refractivity contribution is -0.218. The number of hydrogen-bond acceptors (Lipinski definition) is 18. The van der Waals surface area contributed by atoms with Gasteiger partial charge in [-0.2, -0.15) is 14.7 Å². The highest BCUT2D eigenvalue weighted by Crippen LogP contribution is 2.33. The van der Waals surface area contributed by atoms with E-state index in [1.54, 1.807) is 97.1 Å². The van der Waals surface area contributed by atoms with E-state index in [9.17, 15) is 24.0 Å². The first-order valence-electron chi connectivity index (χ1n) is 22.4. The van der Waals surface area contributed by atoms with Crippen LogP contribution in [0.15, 0.2) is 122 Å². The Balaban J connectivity index is 0.766. The zero-order valence-electron chi connectivity index (χ0n) is 37.9. The standard InChI is InChI=1S/C51H54O18/c1-3-47(52)59-33-57-39-13-17-42(18-14-39)65-50(55)37-9-5-36(6-10-37)32-63-69-46-25-19-41(20-26-46)64-49(54)29-30-61-67-44-27-21-43(22-28-44)66-51(56)38-11-7-35(8-12-38)31-62-68-45-23-15-40(16-24-45)58-34-60-48(53)4-2/h3-4,13-28,35-38H,1-2,5-12,29-34H2. The smallest absolute Gasteiger partial charge is 0.333 e. The summed E-state index contributed by atoms with van der Waals surface area (Å²) < 4.78 is 36.7. The molecule has 0 bridgehead atoms. The number of hydrogen-bond donors (Lipinski definition) is 0. The van der Waals surface area contributed by atoms with E-state index >= 15 is 0 Å². The Morgan fingerprint density at radius 1 is 0.435 bits per heavy atom. The van der Waals surface area contributed by atoms with E-state index in [0.717, 1.165) is 37.8 Å². The molecule has 0 atom stereocenters. The fourth-order valence-corrected chi connectivity index (χ4v) is 7.09. The minimum Gasteiger partial charge on any atom is -0.457 e. The lowest BCUT2D eigenvalue weighted by atomic mass is 9.82. The van der Waals surface area contributed by atoms with Gasteiger partial charge in [-0.05, 0) is 160 Å². The number of rotatable bonds is 26. The maximum atomic E-state index is 12.9. The zero-order chi connectivity index (χ0) is 48.6. The van der Waals surface area contributed by atoms with E-state index in [0.29, 0.717) is 84.9 Å². The fourth-order valence-electron chi connectivity index (χ4n) is 7.09. The Bertz CT molecular complexity index is 2260. The van der Waals surface area contributed by atoms with Crippen LogP contribution >= 0.6 is 0 Å². The van der Waals surface area contributed by atoms with Gasteiger partial charge in [0.15, 0.2) is 17.2 Å². The van der Waals surface area contributed by atoms with E-state index < -0.39 is 17.9 Å². The second kappa shape index (κ2) is 27.4. The summed E-state index contributed by atoms with van der Waals surface area (Å²) in [4.78, 5) is 92.4. The van der Waals surface area contributed by atoms with E-state index in [2.05, 4.69) is 13.2 Å². The molecule has 0 N–H and O–H groups in total. The molecule has 0 aromatic heterocycles. The second-order valence-electron chi connectivity index (χ2n) is 15.9. The molecule has 4 aromatic rings. The zero-order valence-corrected chi connectivity index (χ0v) is 37.9. The van der Waals surface area contributed by atoms with Gasteiger partial charge >= 0.3 is 29.8 Å². The van der Waals surface area contributed by atoms with Crippen LogP contribution in [0.4, 0.5) is 0 Å². The lowest BCUT2D eigenvalue weighted by Crippen LogP contribution is -2.27. The second-order valence-corrected chi connectivity index (χ2v) is 15.9. The van der Waals surface area contributed by atoms with Crippen molar-refractivity contribution in [1.82, 2.24) is 0 Å². The highest BCUT2D eigenvalue weighted by atomic mass is 17.2. The summed E-state index contributed by atoms with van der Waals surface area (Å²) in [5.74, 6) is 0.961. The molecule has 2 fully saturated rings. The third-order valence-corrected chi connectivity index (χ3v) is 11.0. The molecular formula is C51H54O18. The molecule has 0 amide bonds. The van der Waals surface area contributed by atoms with Crippen molar-refractivity contribution in [2.24, 2.45) is 23.7 Å². The molecule has 2 aliphatic carbocycles. The van der Waals surface area contributed by atoms with Crippen LogP contribution in [0, 0.1) is 23.7 Å². The van der Waals surface area contributed by atoms with Gasteiger partial charge < -0.3 is 47.8 Å². The van der Waals surface area contributed by atoms with Gasteiger partial charge in [0.25, 0.3) is 0 Å². The first-order chi connectivity index (χ1) is 33.6. The average molecular weight is 955 g/mol. The summed E-state index contributed by atoms with van der Waals surface area (Å²) in [5, 5.41) is 0. The average Bonchev–Trinajstić information content (AvgIpc) is 3.37. The number of benzene rings is 4. The minimum absolute atomic E-state index is 0.0725. The van der Waals surface area contributed by atoms with E-state index in [4.69, 9.17) is 62.5 Å². The topological polar surface area (TPSA) is 205 Å². The Labute approximate surface area is 398 Å². The minimum atomic E-state index is -0.591. The van der Waals surface area contributed by atoms with Gasteiger partial charge in [-0.1, -0.05) is 13.2 Å². The summed E-state index contributed by atoms with van der Waals surface area (Å²) in [6.45, 7) is 6.79. The fraction of sp³-hybridized carbons (Fsp3) is 0.353.